The molecule has 2 N–H and O–H groups in total. The first-order chi connectivity index (χ1) is 13.7. The van der Waals surface area contributed by atoms with Gasteiger partial charge >= 0.3 is 0 Å². The van der Waals surface area contributed by atoms with Gasteiger partial charge in [-0.1, -0.05) is 24.3 Å². The van der Waals surface area contributed by atoms with Gasteiger partial charge in [-0.2, -0.15) is 0 Å². The van der Waals surface area contributed by atoms with Crippen molar-refractivity contribution in [3.8, 4) is 0 Å². The van der Waals surface area contributed by atoms with Crippen LogP contribution in [0.2, 0.25) is 0 Å². The maximum absolute atomic E-state index is 12.4. The molecule has 1 heterocycles. The normalized spacial score (nSPS) is 16.4. The third-order valence-corrected chi connectivity index (χ3v) is 5.12. The Morgan fingerprint density at radius 3 is 2.39 bits per heavy atom. The predicted molar refractivity (Wildman–Crippen MR) is 112 cm³/mol. The molecule has 144 valence electrons. The number of nitrogens with zero attached hydrogens (tertiary/aromatic N) is 1. The van der Waals surface area contributed by atoms with E-state index in [4.69, 9.17) is 0 Å². The van der Waals surface area contributed by atoms with Crippen molar-refractivity contribution in [2.24, 2.45) is 0 Å². The van der Waals surface area contributed by atoms with Crippen LogP contribution in [0.1, 0.15) is 41.6 Å². The molecule has 0 bridgehead atoms. The number of rotatable bonds is 6. The second-order valence-electron chi connectivity index (χ2n) is 7.40. The van der Waals surface area contributed by atoms with Crippen LogP contribution >= 0.6 is 0 Å². The third-order valence-electron chi connectivity index (χ3n) is 5.12. The smallest absolute Gasteiger partial charge is 0.251 e. The van der Waals surface area contributed by atoms with Crippen LogP contribution in [0.5, 0.6) is 0 Å². The number of hydrogen-bond acceptors (Lipinski definition) is 3. The van der Waals surface area contributed by atoms with Crippen molar-refractivity contribution in [1.29, 1.82) is 0 Å². The van der Waals surface area contributed by atoms with Gasteiger partial charge in [0.2, 0.25) is 5.91 Å². The second-order valence-corrected chi connectivity index (χ2v) is 7.40. The van der Waals surface area contributed by atoms with Gasteiger partial charge in [0, 0.05) is 30.8 Å². The van der Waals surface area contributed by atoms with Crippen LogP contribution < -0.4 is 15.5 Å². The zero-order valence-corrected chi connectivity index (χ0v) is 15.9. The maximum atomic E-state index is 12.4. The van der Waals surface area contributed by atoms with Gasteiger partial charge in [-0.3, -0.25) is 9.59 Å². The Labute approximate surface area is 165 Å². The highest BCUT2D eigenvalue weighted by molar-refractivity contribution is 6.04. The van der Waals surface area contributed by atoms with E-state index in [0.717, 1.165) is 42.9 Å². The lowest BCUT2D eigenvalue weighted by Gasteiger charge is -2.21. The fourth-order valence-electron chi connectivity index (χ4n) is 3.40. The number of para-hydroxylation sites is 2. The summed E-state index contributed by atoms with van der Waals surface area (Å²) in [7, 11) is 0. The van der Waals surface area contributed by atoms with E-state index in [9.17, 15) is 9.59 Å². The fraction of sp³-hybridized carbons (Fsp3) is 0.304. The molecule has 2 amide bonds. The van der Waals surface area contributed by atoms with Gasteiger partial charge in [0.1, 0.15) is 0 Å². The highest BCUT2D eigenvalue weighted by atomic mass is 16.2. The molecule has 1 aliphatic heterocycles. The second kappa shape index (κ2) is 8.30. The minimum Gasteiger partial charge on any atom is -0.370 e. The van der Waals surface area contributed by atoms with Crippen LogP contribution in [0.25, 0.3) is 6.08 Å². The first kappa shape index (κ1) is 18.3. The van der Waals surface area contributed by atoms with Gasteiger partial charge in [0.25, 0.3) is 5.91 Å². The minimum absolute atomic E-state index is 0.0331. The molecule has 0 unspecified atom stereocenters. The molecule has 4 rings (SSSR count). The van der Waals surface area contributed by atoms with Crippen molar-refractivity contribution >= 4 is 29.3 Å². The zero-order valence-electron chi connectivity index (χ0n) is 15.9. The Morgan fingerprint density at radius 2 is 1.68 bits per heavy atom. The number of nitrogens with one attached hydrogen (secondary N) is 2. The van der Waals surface area contributed by atoms with Crippen molar-refractivity contribution in [3.05, 3.63) is 65.7 Å². The Balaban J connectivity index is 1.37. The molecule has 0 aromatic heterocycles. The Morgan fingerprint density at radius 1 is 0.964 bits per heavy atom. The minimum atomic E-state index is -0.165. The molecule has 2 aliphatic rings. The predicted octanol–water partition coefficient (Wildman–Crippen LogP) is 3.83. The van der Waals surface area contributed by atoms with E-state index in [1.54, 1.807) is 18.2 Å². The van der Waals surface area contributed by atoms with Crippen LogP contribution in [0, 0.1) is 0 Å². The SMILES string of the molecule is O=C(/C=C/c1ccc(C(=O)NC2CC2)cc1)Nc1ccccc1N1CCCC1. The van der Waals surface area contributed by atoms with Crippen LogP contribution in [0.3, 0.4) is 0 Å². The summed E-state index contributed by atoms with van der Waals surface area (Å²) in [5, 5.41) is 5.95. The molecule has 1 saturated carbocycles. The number of hydrogen-bond donors (Lipinski definition) is 2. The van der Waals surface area contributed by atoms with Crippen molar-refractivity contribution < 1.29 is 9.59 Å². The molecule has 28 heavy (non-hydrogen) atoms. The molecule has 0 spiro atoms. The van der Waals surface area contributed by atoms with E-state index >= 15 is 0 Å². The van der Waals surface area contributed by atoms with Gasteiger partial charge in [-0.15, -0.1) is 0 Å². The van der Waals surface area contributed by atoms with E-state index in [-0.39, 0.29) is 11.8 Å². The summed E-state index contributed by atoms with van der Waals surface area (Å²) in [6.07, 6.45) is 7.81. The van der Waals surface area contributed by atoms with Crippen LogP contribution in [-0.2, 0) is 4.79 Å². The van der Waals surface area contributed by atoms with Gasteiger partial charge in [-0.25, -0.2) is 0 Å². The quantitative estimate of drug-likeness (QED) is 0.755. The van der Waals surface area contributed by atoms with E-state index < -0.39 is 0 Å². The Hall–Kier alpha value is -3.08. The largest absolute Gasteiger partial charge is 0.370 e. The topological polar surface area (TPSA) is 61.4 Å². The lowest BCUT2D eigenvalue weighted by atomic mass is 10.1. The molecule has 5 heteroatoms. The van der Waals surface area contributed by atoms with E-state index in [0.29, 0.717) is 11.6 Å². The summed E-state index contributed by atoms with van der Waals surface area (Å²) >= 11 is 0. The first-order valence-corrected chi connectivity index (χ1v) is 9.93. The fourth-order valence-corrected chi connectivity index (χ4v) is 3.40. The lowest BCUT2D eigenvalue weighted by Crippen LogP contribution is -2.25. The Bertz CT molecular complexity index is 879. The average molecular weight is 375 g/mol. The average Bonchev–Trinajstić information content (AvgIpc) is 3.36. The van der Waals surface area contributed by atoms with Gasteiger partial charge in [0.15, 0.2) is 0 Å². The summed E-state index contributed by atoms with van der Waals surface area (Å²) in [4.78, 5) is 26.7. The maximum Gasteiger partial charge on any atom is 0.251 e. The molecular weight excluding hydrogens is 350 g/mol. The third kappa shape index (κ3) is 4.60. The van der Waals surface area contributed by atoms with Crippen LogP contribution in [0.15, 0.2) is 54.6 Å². The molecule has 0 radical (unpaired) electrons. The Kier molecular flexibility index (Phi) is 5.42. The van der Waals surface area contributed by atoms with Gasteiger partial charge < -0.3 is 15.5 Å². The number of benzene rings is 2. The van der Waals surface area contributed by atoms with Crippen molar-refractivity contribution in [1.82, 2.24) is 5.32 Å². The molecule has 1 saturated heterocycles. The van der Waals surface area contributed by atoms with Crippen LogP contribution in [-0.4, -0.2) is 30.9 Å². The monoisotopic (exact) mass is 375 g/mol. The number of amides is 2. The lowest BCUT2D eigenvalue weighted by molar-refractivity contribution is -0.111. The highest BCUT2D eigenvalue weighted by Crippen LogP contribution is 2.28. The number of carbonyl (C=O) groups is 2. The van der Waals surface area contributed by atoms with Crippen LogP contribution in [0.4, 0.5) is 11.4 Å². The summed E-state index contributed by atoms with van der Waals surface area (Å²) in [5.74, 6) is -0.198. The zero-order chi connectivity index (χ0) is 19.3. The van der Waals surface area contributed by atoms with Gasteiger partial charge in [-0.05, 0) is 61.6 Å². The first-order valence-electron chi connectivity index (χ1n) is 9.93. The highest BCUT2D eigenvalue weighted by Gasteiger charge is 2.23. The molecule has 2 fully saturated rings. The van der Waals surface area contributed by atoms with E-state index in [2.05, 4.69) is 21.6 Å². The summed E-state index contributed by atoms with van der Waals surface area (Å²) in [6, 6.07) is 15.6. The molecule has 2 aromatic rings. The standard InChI is InChI=1S/C23H25N3O2/c27-22(25-20-5-1-2-6-21(20)26-15-3-4-16-26)14-9-17-7-10-18(11-8-17)23(28)24-19-12-13-19/h1-2,5-11,14,19H,3-4,12-13,15-16H2,(H,24,28)(H,25,27)/b14-9+. The van der Waals surface area contributed by atoms with E-state index in [1.165, 1.54) is 18.9 Å². The summed E-state index contributed by atoms with van der Waals surface area (Å²) < 4.78 is 0. The molecule has 0 atom stereocenters. The molecule has 1 aliphatic carbocycles. The number of anilines is 2. The number of carbonyl (C=O) groups excluding carboxylic acids is 2. The summed E-state index contributed by atoms with van der Waals surface area (Å²) in [5.41, 5.74) is 3.44. The van der Waals surface area contributed by atoms with Crippen molar-refractivity contribution in [3.63, 3.8) is 0 Å². The molecule has 5 nitrogen and oxygen atoms in total. The van der Waals surface area contributed by atoms with Crippen molar-refractivity contribution in [2.45, 2.75) is 31.7 Å². The molecular formula is C23H25N3O2. The van der Waals surface area contributed by atoms with Crippen molar-refractivity contribution in [2.75, 3.05) is 23.3 Å². The summed E-state index contributed by atoms with van der Waals surface area (Å²) in [6.45, 7) is 2.06. The molecule has 2 aromatic carbocycles. The van der Waals surface area contributed by atoms with Gasteiger partial charge in [0.05, 0.1) is 11.4 Å². The van der Waals surface area contributed by atoms with E-state index in [1.807, 2.05) is 30.3 Å².